The second-order valence-electron chi connectivity index (χ2n) is 7.03. The van der Waals surface area contributed by atoms with E-state index in [0.29, 0.717) is 24.1 Å². The number of anilines is 1. The lowest BCUT2D eigenvalue weighted by Gasteiger charge is -2.23. The summed E-state index contributed by atoms with van der Waals surface area (Å²) in [5.41, 5.74) is 4.66. The molecule has 1 aromatic heterocycles. The zero-order chi connectivity index (χ0) is 18.9. The number of nitrogens with one attached hydrogen (secondary N) is 1. The number of hydrogen-bond donors (Lipinski definition) is 1. The van der Waals surface area contributed by atoms with Crippen molar-refractivity contribution in [2.24, 2.45) is 0 Å². The maximum Gasteiger partial charge on any atom is 0.223 e. The van der Waals surface area contributed by atoms with Gasteiger partial charge in [-0.05, 0) is 37.1 Å². The summed E-state index contributed by atoms with van der Waals surface area (Å²) in [5, 5.41) is 4.05. The zero-order valence-electron chi connectivity index (χ0n) is 15.3. The first-order valence-corrected chi connectivity index (χ1v) is 9.90. The Labute approximate surface area is 168 Å². The van der Waals surface area contributed by atoms with Gasteiger partial charge in [-0.3, -0.25) is 0 Å². The predicted octanol–water partition coefficient (Wildman–Crippen LogP) is 4.95. The molecule has 1 saturated heterocycles. The van der Waals surface area contributed by atoms with Crippen LogP contribution in [-0.2, 0) is 11.3 Å². The summed E-state index contributed by atoms with van der Waals surface area (Å²) in [7, 11) is 0. The van der Waals surface area contributed by atoms with E-state index in [1.165, 1.54) is 0 Å². The number of para-hydroxylation sites is 1. The van der Waals surface area contributed by atoms with Gasteiger partial charge in [0.2, 0.25) is 5.95 Å². The highest BCUT2D eigenvalue weighted by atomic mass is 35.5. The molecule has 0 saturated carbocycles. The van der Waals surface area contributed by atoms with Crippen LogP contribution in [-0.4, -0.2) is 29.2 Å². The molecule has 2 aliphatic heterocycles. The van der Waals surface area contributed by atoms with Crippen molar-refractivity contribution in [2.45, 2.75) is 25.6 Å². The SMILES string of the molecule is Clc1cccc(-c2nc(NCC3CCCO3)nc3c2COc2ccccc2-3)c1. The van der Waals surface area contributed by atoms with Crippen LogP contribution in [0, 0.1) is 0 Å². The van der Waals surface area contributed by atoms with E-state index in [1.807, 2.05) is 48.5 Å². The standard InChI is InChI=1S/C22H20ClN3O2/c23-15-6-3-5-14(11-15)20-18-13-28-19-9-2-1-8-17(19)21(18)26-22(25-20)24-12-16-7-4-10-27-16/h1-3,5-6,8-9,11,16H,4,7,10,12-13H2,(H,24,25,26). The van der Waals surface area contributed by atoms with Crippen LogP contribution in [0.5, 0.6) is 5.75 Å². The van der Waals surface area contributed by atoms with Crippen LogP contribution >= 0.6 is 11.6 Å². The highest BCUT2D eigenvalue weighted by Crippen LogP contribution is 2.40. The molecular formula is C22H20ClN3O2. The van der Waals surface area contributed by atoms with Crippen molar-refractivity contribution >= 4 is 17.5 Å². The molecule has 142 valence electrons. The minimum Gasteiger partial charge on any atom is -0.488 e. The number of rotatable bonds is 4. The molecule has 1 unspecified atom stereocenters. The number of ether oxygens (including phenoxy) is 2. The molecule has 28 heavy (non-hydrogen) atoms. The Balaban J connectivity index is 1.60. The molecule has 3 aromatic rings. The van der Waals surface area contributed by atoms with Gasteiger partial charge in [-0.1, -0.05) is 35.9 Å². The van der Waals surface area contributed by atoms with Crippen LogP contribution in [0.2, 0.25) is 5.02 Å². The number of halogens is 1. The summed E-state index contributed by atoms with van der Waals surface area (Å²) in [4.78, 5) is 9.65. The molecule has 2 aromatic carbocycles. The van der Waals surface area contributed by atoms with E-state index in [-0.39, 0.29) is 6.10 Å². The van der Waals surface area contributed by atoms with Gasteiger partial charge < -0.3 is 14.8 Å². The van der Waals surface area contributed by atoms with Gasteiger partial charge in [-0.25, -0.2) is 9.97 Å². The maximum absolute atomic E-state index is 6.24. The van der Waals surface area contributed by atoms with Crippen LogP contribution in [0.3, 0.4) is 0 Å². The second kappa shape index (κ2) is 7.41. The average Bonchev–Trinajstić information content (AvgIpc) is 3.25. The molecule has 6 heteroatoms. The Hall–Kier alpha value is -2.63. The van der Waals surface area contributed by atoms with Crippen molar-refractivity contribution < 1.29 is 9.47 Å². The van der Waals surface area contributed by atoms with Crippen molar-refractivity contribution in [2.75, 3.05) is 18.5 Å². The van der Waals surface area contributed by atoms with Crippen molar-refractivity contribution in [3.63, 3.8) is 0 Å². The summed E-state index contributed by atoms with van der Waals surface area (Å²) in [6, 6.07) is 15.7. The second-order valence-corrected chi connectivity index (χ2v) is 7.47. The fourth-order valence-electron chi connectivity index (χ4n) is 3.75. The molecule has 5 rings (SSSR count). The predicted molar refractivity (Wildman–Crippen MR) is 110 cm³/mol. The Morgan fingerprint density at radius 3 is 2.82 bits per heavy atom. The first-order valence-electron chi connectivity index (χ1n) is 9.52. The summed E-state index contributed by atoms with van der Waals surface area (Å²) in [5.74, 6) is 1.44. The fourth-order valence-corrected chi connectivity index (χ4v) is 3.94. The van der Waals surface area contributed by atoms with Gasteiger partial charge in [0.15, 0.2) is 0 Å². The third-order valence-electron chi connectivity index (χ3n) is 5.13. The topological polar surface area (TPSA) is 56.3 Å². The lowest BCUT2D eigenvalue weighted by Crippen LogP contribution is -2.21. The summed E-state index contributed by atoms with van der Waals surface area (Å²) in [6.07, 6.45) is 2.39. The van der Waals surface area contributed by atoms with Crippen molar-refractivity contribution in [3.8, 4) is 28.3 Å². The summed E-state index contributed by atoms with van der Waals surface area (Å²) >= 11 is 6.24. The van der Waals surface area contributed by atoms with Crippen LogP contribution in [0.15, 0.2) is 48.5 Å². The third-order valence-corrected chi connectivity index (χ3v) is 5.37. The smallest absolute Gasteiger partial charge is 0.223 e. The van der Waals surface area contributed by atoms with E-state index in [1.54, 1.807) is 0 Å². The third kappa shape index (κ3) is 3.32. The molecule has 1 atom stereocenters. The van der Waals surface area contributed by atoms with E-state index < -0.39 is 0 Å². The quantitative estimate of drug-likeness (QED) is 0.679. The summed E-state index contributed by atoms with van der Waals surface area (Å²) < 4.78 is 11.7. The lowest BCUT2D eigenvalue weighted by atomic mass is 9.98. The maximum atomic E-state index is 6.24. The monoisotopic (exact) mass is 393 g/mol. The van der Waals surface area contributed by atoms with Crippen LogP contribution in [0.4, 0.5) is 5.95 Å². The van der Waals surface area contributed by atoms with E-state index in [2.05, 4.69) is 5.32 Å². The van der Waals surface area contributed by atoms with Crippen molar-refractivity contribution in [1.29, 1.82) is 0 Å². The Kier molecular flexibility index (Phi) is 4.63. The molecule has 0 radical (unpaired) electrons. The van der Waals surface area contributed by atoms with Gasteiger partial charge in [0, 0.05) is 34.9 Å². The highest BCUT2D eigenvalue weighted by molar-refractivity contribution is 6.30. The van der Waals surface area contributed by atoms with E-state index in [0.717, 1.165) is 53.3 Å². The summed E-state index contributed by atoms with van der Waals surface area (Å²) in [6.45, 7) is 1.96. The zero-order valence-corrected chi connectivity index (χ0v) is 16.1. The van der Waals surface area contributed by atoms with E-state index >= 15 is 0 Å². The van der Waals surface area contributed by atoms with Gasteiger partial charge in [0.05, 0.1) is 17.5 Å². The van der Waals surface area contributed by atoms with Crippen LogP contribution in [0.1, 0.15) is 18.4 Å². The highest BCUT2D eigenvalue weighted by Gasteiger charge is 2.25. The number of benzene rings is 2. The van der Waals surface area contributed by atoms with E-state index in [9.17, 15) is 0 Å². The molecule has 1 fully saturated rings. The first kappa shape index (κ1) is 17.5. The number of hydrogen-bond acceptors (Lipinski definition) is 5. The average molecular weight is 394 g/mol. The molecule has 0 aliphatic carbocycles. The Bertz CT molecular complexity index is 1020. The largest absolute Gasteiger partial charge is 0.488 e. The lowest BCUT2D eigenvalue weighted by molar-refractivity contribution is 0.120. The van der Waals surface area contributed by atoms with Gasteiger partial charge in [-0.15, -0.1) is 0 Å². The number of aromatic nitrogens is 2. The Morgan fingerprint density at radius 2 is 1.96 bits per heavy atom. The van der Waals surface area contributed by atoms with Crippen LogP contribution < -0.4 is 10.1 Å². The van der Waals surface area contributed by atoms with Gasteiger partial charge in [0.1, 0.15) is 12.4 Å². The molecule has 1 N–H and O–H groups in total. The fraction of sp³-hybridized carbons (Fsp3) is 0.273. The van der Waals surface area contributed by atoms with E-state index in [4.69, 9.17) is 31.0 Å². The van der Waals surface area contributed by atoms with Crippen molar-refractivity contribution in [1.82, 2.24) is 9.97 Å². The number of fused-ring (bicyclic) bond motifs is 3. The van der Waals surface area contributed by atoms with Gasteiger partial charge in [0.25, 0.3) is 0 Å². The molecule has 2 aliphatic rings. The van der Waals surface area contributed by atoms with Crippen LogP contribution in [0.25, 0.3) is 22.5 Å². The van der Waals surface area contributed by atoms with Crippen molar-refractivity contribution in [3.05, 3.63) is 59.1 Å². The molecule has 0 spiro atoms. The molecular weight excluding hydrogens is 374 g/mol. The minimum atomic E-state index is 0.213. The first-order chi connectivity index (χ1) is 13.8. The number of nitrogens with zero attached hydrogens (tertiary/aromatic N) is 2. The molecule has 0 bridgehead atoms. The normalized spacial score (nSPS) is 17.5. The molecule has 0 amide bonds. The molecule has 3 heterocycles. The van der Waals surface area contributed by atoms with Gasteiger partial charge in [-0.2, -0.15) is 0 Å². The minimum absolute atomic E-state index is 0.213. The van der Waals surface area contributed by atoms with Gasteiger partial charge >= 0.3 is 0 Å². The Morgan fingerprint density at radius 1 is 1.07 bits per heavy atom. The molecule has 5 nitrogen and oxygen atoms in total.